The van der Waals surface area contributed by atoms with Gasteiger partial charge in [-0.15, -0.1) is 5.10 Å². The number of aromatic nitrogens is 6. The van der Waals surface area contributed by atoms with Crippen LogP contribution in [0.1, 0.15) is 42.8 Å². The molecular formula is C21H23N7O2. The highest BCUT2D eigenvalue weighted by Gasteiger charge is 2.18. The summed E-state index contributed by atoms with van der Waals surface area (Å²) in [5.74, 6) is 1.51. The van der Waals surface area contributed by atoms with Crippen molar-refractivity contribution in [1.29, 1.82) is 0 Å². The molecule has 9 nitrogen and oxygen atoms in total. The highest BCUT2D eigenvalue weighted by Crippen LogP contribution is 2.27. The summed E-state index contributed by atoms with van der Waals surface area (Å²) in [5, 5.41) is 8.53. The van der Waals surface area contributed by atoms with Crippen LogP contribution in [0.25, 0.3) is 22.6 Å². The molecule has 9 heteroatoms. The number of hydrogen-bond donors (Lipinski definition) is 1. The smallest absolute Gasteiger partial charge is 0.222 e. The van der Waals surface area contributed by atoms with Crippen molar-refractivity contribution in [2.45, 2.75) is 51.9 Å². The number of nitrogens with zero attached hydrogens (tertiary/aromatic N) is 6. The predicted octanol–water partition coefficient (Wildman–Crippen LogP) is 3.27. The molecule has 4 aromatic rings. The zero-order valence-corrected chi connectivity index (χ0v) is 16.8. The van der Waals surface area contributed by atoms with Crippen LogP contribution < -0.4 is 5.73 Å². The van der Waals surface area contributed by atoms with Crippen LogP contribution in [0.3, 0.4) is 0 Å². The summed E-state index contributed by atoms with van der Waals surface area (Å²) in [6.07, 6.45) is 5.15. The SMILES string of the molecule is Cc1ccc(-c2nc(N)nc3c2nnn3Cc2cccc(COC3CCCC3)n2)o1. The fourth-order valence-corrected chi connectivity index (χ4v) is 3.82. The molecule has 2 N–H and O–H groups in total. The largest absolute Gasteiger partial charge is 0.460 e. The third-order valence-corrected chi connectivity index (χ3v) is 5.30. The third kappa shape index (κ3) is 3.76. The Labute approximate surface area is 173 Å². The lowest BCUT2D eigenvalue weighted by Gasteiger charge is -2.11. The Balaban J connectivity index is 1.40. The van der Waals surface area contributed by atoms with Crippen molar-refractivity contribution >= 4 is 17.1 Å². The Morgan fingerprint density at radius 2 is 1.93 bits per heavy atom. The van der Waals surface area contributed by atoms with Crippen molar-refractivity contribution in [3.05, 3.63) is 47.5 Å². The molecule has 0 spiro atoms. The monoisotopic (exact) mass is 405 g/mol. The number of pyridine rings is 1. The first-order chi connectivity index (χ1) is 14.7. The lowest BCUT2D eigenvalue weighted by molar-refractivity contribution is 0.0437. The number of aryl methyl sites for hydroxylation is 1. The number of anilines is 1. The fourth-order valence-electron chi connectivity index (χ4n) is 3.82. The second-order valence-electron chi connectivity index (χ2n) is 7.60. The van der Waals surface area contributed by atoms with Gasteiger partial charge >= 0.3 is 0 Å². The van der Waals surface area contributed by atoms with Gasteiger partial charge in [0.15, 0.2) is 16.9 Å². The van der Waals surface area contributed by atoms with Crippen LogP contribution in [0, 0.1) is 6.92 Å². The summed E-state index contributed by atoms with van der Waals surface area (Å²) < 4.78 is 13.4. The molecule has 4 aromatic heterocycles. The van der Waals surface area contributed by atoms with E-state index in [1.54, 1.807) is 4.68 Å². The summed E-state index contributed by atoms with van der Waals surface area (Å²) in [6.45, 7) is 2.81. The van der Waals surface area contributed by atoms with Crippen LogP contribution >= 0.6 is 0 Å². The first kappa shape index (κ1) is 18.7. The molecule has 0 atom stereocenters. The second-order valence-corrected chi connectivity index (χ2v) is 7.60. The minimum atomic E-state index is 0.141. The molecule has 0 radical (unpaired) electrons. The predicted molar refractivity (Wildman–Crippen MR) is 110 cm³/mol. The van der Waals surface area contributed by atoms with Crippen molar-refractivity contribution in [3.8, 4) is 11.5 Å². The maximum Gasteiger partial charge on any atom is 0.222 e. The van der Waals surface area contributed by atoms with Crippen molar-refractivity contribution in [1.82, 2.24) is 29.9 Å². The number of furan rings is 1. The summed E-state index contributed by atoms with van der Waals surface area (Å²) in [7, 11) is 0. The Kier molecular flexibility index (Phi) is 4.88. The van der Waals surface area contributed by atoms with Crippen LogP contribution in [0.15, 0.2) is 34.7 Å². The molecule has 1 aliphatic rings. The van der Waals surface area contributed by atoms with Gasteiger partial charge in [0.2, 0.25) is 5.95 Å². The summed E-state index contributed by atoms with van der Waals surface area (Å²) in [4.78, 5) is 13.4. The first-order valence-corrected chi connectivity index (χ1v) is 10.2. The van der Waals surface area contributed by atoms with E-state index in [2.05, 4.69) is 20.3 Å². The molecule has 5 rings (SSSR count). The van der Waals surface area contributed by atoms with Gasteiger partial charge in [-0.3, -0.25) is 4.98 Å². The van der Waals surface area contributed by atoms with Gasteiger partial charge < -0.3 is 14.9 Å². The lowest BCUT2D eigenvalue weighted by atomic mass is 10.2. The minimum Gasteiger partial charge on any atom is -0.460 e. The van der Waals surface area contributed by atoms with Crippen molar-refractivity contribution in [2.75, 3.05) is 5.73 Å². The highest BCUT2D eigenvalue weighted by atomic mass is 16.5. The number of nitrogen functional groups attached to an aromatic ring is 1. The van der Waals surface area contributed by atoms with E-state index in [9.17, 15) is 0 Å². The van der Waals surface area contributed by atoms with Gasteiger partial charge in [-0.2, -0.15) is 4.98 Å². The molecule has 154 valence electrons. The number of hydrogen-bond acceptors (Lipinski definition) is 8. The Bertz CT molecular complexity index is 1180. The first-order valence-electron chi connectivity index (χ1n) is 10.2. The van der Waals surface area contributed by atoms with Crippen LogP contribution in [0.5, 0.6) is 0 Å². The molecule has 1 aliphatic carbocycles. The van der Waals surface area contributed by atoms with E-state index in [0.29, 0.717) is 41.9 Å². The quantitative estimate of drug-likeness (QED) is 0.519. The van der Waals surface area contributed by atoms with Gasteiger partial charge in [-0.25, -0.2) is 9.67 Å². The van der Waals surface area contributed by atoms with Crippen LogP contribution in [0.4, 0.5) is 5.95 Å². The zero-order valence-electron chi connectivity index (χ0n) is 16.8. The molecule has 4 heterocycles. The highest BCUT2D eigenvalue weighted by molar-refractivity contribution is 5.86. The maximum atomic E-state index is 5.99. The Morgan fingerprint density at radius 3 is 2.73 bits per heavy atom. The van der Waals surface area contributed by atoms with Crippen LogP contribution in [-0.2, 0) is 17.9 Å². The van der Waals surface area contributed by atoms with Crippen LogP contribution in [-0.4, -0.2) is 36.0 Å². The van der Waals surface area contributed by atoms with E-state index < -0.39 is 0 Å². The number of ether oxygens (including phenoxy) is 1. The van der Waals surface area contributed by atoms with E-state index in [1.165, 1.54) is 12.8 Å². The number of nitrogens with two attached hydrogens (primary N) is 1. The fraction of sp³-hybridized carbons (Fsp3) is 0.381. The second kappa shape index (κ2) is 7.83. The van der Waals surface area contributed by atoms with E-state index in [1.807, 2.05) is 37.3 Å². The molecule has 1 fully saturated rings. The molecule has 1 saturated carbocycles. The van der Waals surface area contributed by atoms with E-state index in [-0.39, 0.29) is 5.95 Å². The van der Waals surface area contributed by atoms with Gasteiger partial charge in [0, 0.05) is 0 Å². The zero-order chi connectivity index (χ0) is 20.5. The minimum absolute atomic E-state index is 0.141. The van der Waals surface area contributed by atoms with Crippen molar-refractivity contribution in [3.63, 3.8) is 0 Å². The van der Waals surface area contributed by atoms with E-state index in [4.69, 9.17) is 19.9 Å². The molecule has 0 aliphatic heterocycles. The van der Waals surface area contributed by atoms with Gasteiger partial charge in [0.05, 0.1) is 30.6 Å². The summed E-state index contributed by atoms with van der Waals surface area (Å²) in [5.41, 5.74) is 9.32. The maximum absolute atomic E-state index is 5.99. The molecule has 0 bridgehead atoms. The molecule has 30 heavy (non-hydrogen) atoms. The number of fused-ring (bicyclic) bond motifs is 1. The Hall–Kier alpha value is -3.33. The Morgan fingerprint density at radius 1 is 1.10 bits per heavy atom. The number of rotatable bonds is 6. The van der Waals surface area contributed by atoms with Crippen molar-refractivity contribution < 1.29 is 9.15 Å². The topological polar surface area (TPSA) is 118 Å². The van der Waals surface area contributed by atoms with Gasteiger partial charge in [-0.05, 0) is 44.0 Å². The molecule has 0 saturated heterocycles. The van der Waals surface area contributed by atoms with Gasteiger partial charge in [0.1, 0.15) is 11.5 Å². The van der Waals surface area contributed by atoms with E-state index in [0.717, 1.165) is 30.0 Å². The molecule has 0 unspecified atom stereocenters. The van der Waals surface area contributed by atoms with E-state index >= 15 is 0 Å². The van der Waals surface area contributed by atoms with Crippen LogP contribution in [0.2, 0.25) is 0 Å². The standard InChI is InChI=1S/C21H23N7O2/c1-13-9-10-17(30-13)18-19-20(25-21(22)24-18)28(27-26-19)11-14-5-4-6-15(23-14)12-29-16-7-2-3-8-16/h4-6,9-10,16H,2-3,7-8,11-12H2,1H3,(H2,22,24,25). The van der Waals surface area contributed by atoms with Gasteiger partial charge in [0.25, 0.3) is 0 Å². The molecule has 0 amide bonds. The molecular weight excluding hydrogens is 382 g/mol. The van der Waals surface area contributed by atoms with Gasteiger partial charge in [-0.1, -0.05) is 24.1 Å². The average Bonchev–Trinajstić information content (AvgIpc) is 3.48. The summed E-state index contributed by atoms with van der Waals surface area (Å²) in [6, 6.07) is 9.62. The molecule has 0 aromatic carbocycles. The van der Waals surface area contributed by atoms with Crippen molar-refractivity contribution in [2.24, 2.45) is 0 Å². The normalized spacial score (nSPS) is 14.7. The third-order valence-electron chi connectivity index (χ3n) is 5.30. The lowest BCUT2D eigenvalue weighted by Crippen LogP contribution is -2.10. The average molecular weight is 405 g/mol. The summed E-state index contributed by atoms with van der Waals surface area (Å²) >= 11 is 0.